The van der Waals surface area contributed by atoms with Crippen molar-refractivity contribution in [1.29, 1.82) is 0 Å². The zero-order chi connectivity index (χ0) is 14.1. The Labute approximate surface area is 127 Å². The molecule has 2 aromatic rings. The van der Waals surface area contributed by atoms with Crippen LogP contribution in [0.5, 0.6) is 5.75 Å². The summed E-state index contributed by atoms with van der Waals surface area (Å²) in [6.45, 7) is 0. The van der Waals surface area contributed by atoms with Gasteiger partial charge in [0.05, 0.1) is 7.11 Å². The number of aromatic nitrogens is 1. The summed E-state index contributed by atoms with van der Waals surface area (Å²) in [5.41, 5.74) is 4.77. The van der Waals surface area contributed by atoms with E-state index in [2.05, 4.69) is 21.2 Å². The highest BCUT2D eigenvalue weighted by molar-refractivity contribution is 9.10. The Balaban J connectivity index is 2.38. The van der Waals surface area contributed by atoms with Crippen LogP contribution in [0.25, 0.3) is 10.9 Å². The molecule has 0 unspecified atom stereocenters. The van der Waals surface area contributed by atoms with Crippen molar-refractivity contribution in [3.8, 4) is 5.75 Å². The van der Waals surface area contributed by atoms with Gasteiger partial charge in [-0.3, -0.25) is 0 Å². The van der Waals surface area contributed by atoms with Crippen LogP contribution in [0, 0.1) is 0 Å². The monoisotopic (exact) mass is 334 g/mol. The molecular weight excluding hydrogens is 316 g/mol. The molecule has 1 aliphatic rings. The standard InChI is InChI=1S/C16H19BrN2O/c1-18-15-10-6-4-3-5-7-12(10)19-16-13(20-2)9-8-11(17)14(15)16/h8-9H,3-7H2,1-2H3,(H,18,19). The van der Waals surface area contributed by atoms with Gasteiger partial charge < -0.3 is 10.1 Å². The van der Waals surface area contributed by atoms with E-state index < -0.39 is 0 Å². The van der Waals surface area contributed by atoms with E-state index in [-0.39, 0.29) is 0 Å². The summed E-state index contributed by atoms with van der Waals surface area (Å²) in [6.07, 6.45) is 5.93. The third kappa shape index (κ3) is 2.16. The number of hydrogen-bond acceptors (Lipinski definition) is 3. The van der Waals surface area contributed by atoms with Crippen LogP contribution in [0.4, 0.5) is 5.69 Å². The first-order valence-corrected chi connectivity index (χ1v) is 7.91. The van der Waals surface area contributed by atoms with Crippen molar-refractivity contribution in [2.75, 3.05) is 19.5 Å². The molecule has 1 aromatic carbocycles. The molecule has 1 aliphatic carbocycles. The van der Waals surface area contributed by atoms with Crippen molar-refractivity contribution in [2.45, 2.75) is 32.1 Å². The lowest BCUT2D eigenvalue weighted by Crippen LogP contribution is -2.04. The molecule has 0 radical (unpaired) electrons. The quantitative estimate of drug-likeness (QED) is 0.830. The van der Waals surface area contributed by atoms with E-state index in [1.165, 1.54) is 36.2 Å². The number of halogens is 1. The van der Waals surface area contributed by atoms with Crippen molar-refractivity contribution >= 4 is 32.5 Å². The number of nitrogens with one attached hydrogen (secondary N) is 1. The molecule has 0 fully saturated rings. The molecule has 0 saturated carbocycles. The summed E-state index contributed by atoms with van der Waals surface area (Å²) in [7, 11) is 3.70. The second kappa shape index (κ2) is 5.60. The lowest BCUT2D eigenvalue weighted by Gasteiger charge is -2.17. The van der Waals surface area contributed by atoms with Crippen molar-refractivity contribution in [3.63, 3.8) is 0 Å². The first-order chi connectivity index (χ1) is 9.76. The summed E-state index contributed by atoms with van der Waals surface area (Å²) in [6, 6.07) is 4.01. The van der Waals surface area contributed by atoms with E-state index in [4.69, 9.17) is 9.72 Å². The van der Waals surface area contributed by atoms with Gasteiger partial charge in [0, 0.05) is 28.3 Å². The Hall–Kier alpha value is -1.29. The van der Waals surface area contributed by atoms with Crippen LogP contribution in [-0.2, 0) is 12.8 Å². The Morgan fingerprint density at radius 2 is 2.00 bits per heavy atom. The van der Waals surface area contributed by atoms with Crippen LogP contribution in [-0.4, -0.2) is 19.1 Å². The van der Waals surface area contributed by atoms with Gasteiger partial charge in [0.15, 0.2) is 0 Å². The molecule has 4 heteroatoms. The first kappa shape index (κ1) is 13.7. The molecule has 0 spiro atoms. The maximum absolute atomic E-state index is 5.49. The molecule has 1 N–H and O–H groups in total. The van der Waals surface area contributed by atoms with Gasteiger partial charge in [-0.05, 0) is 43.4 Å². The predicted molar refractivity (Wildman–Crippen MR) is 86.8 cm³/mol. The second-order valence-electron chi connectivity index (χ2n) is 5.20. The Kier molecular flexibility index (Phi) is 3.83. The molecule has 3 nitrogen and oxygen atoms in total. The minimum atomic E-state index is 0.840. The second-order valence-corrected chi connectivity index (χ2v) is 6.05. The maximum Gasteiger partial charge on any atom is 0.145 e. The van der Waals surface area contributed by atoms with Gasteiger partial charge in [0.2, 0.25) is 0 Å². The number of nitrogens with zero attached hydrogens (tertiary/aromatic N) is 1. The van der Waals surface area contributed by atoms with Gasteiger partial charge in [-0.2, -0.15) is 0 Å². The zero-order valence-electron chi connectivity index (χ0n) is 11.9. The molecule has 3 rings (SSSR count). The van der Waals surface area contributed by atoms with Crippen LogP contribution in [0.2, 0.25) is 0 Å². The minimum absolute atomic E-state index is 0.840. The fourth-order valence-corrected chi connectivity index (χ4v) is 3.60. The molecule has 0 saturated heterocycles. The van der Waals surface area contributed by atoms with Crippen LogP contribution in [0.3, 0.4) is 0 Å². The van der Waals surface area contributed by atoms with Crippen LogP contribution >= 0.6 is 15.9 Å². The molecule has 0 bridgehead atoms. The van der Waals surface area contributed by atoms with Gasteiger partial charge in [-0.25, -0.2) is 4.98 Å². The summed E-state index contributed by atoms with van der Waals surface area (Å²) >= 11 is 3.66. The molecule has 0 atom stereocenters. The number of anilines is 1. The zero-order valence-corrected chi connectivity index (χ0v) is 13.5. The number of hydrogen-bond donors (Lipinski definition) is 1. The van der Waals surface area contributed by atoms with Crippen LogP contribution < -0.4 is 10.1 Å². The molecule has 0 amide bonds. The average Bonchev–Trinajstić information content (AvgIpc) is 2.70. The predicted octanol–water partition coefficient (Wildman–Crippen LogP) is 4.32. The summed E-state index contributed by atoms with van der Waals surface area (Å²) in [5, 5.41) is 4.52. The summed E-state index contributed by atoms with van der Waals surface area (Å²) < 4.78 is 6.56. The molecule has 0 aliphatic heterocycles. The number of rotatable bonds is 2. The molecule has 106 valence electrons. The van der Waals surface area contributed by atoms with E-state index in [0.29, 0.717) is 0 Å². The van der Waals surface area contributed by atoms with E-state index >= 15 is 0 Å². The number of benzene rings is 1. The number of aryl methyl sites for hydroxylation is 1. The topological polar surface area (TPSA) is 34.2 Å². The van der Waals surface area contributed by atoms with Gasteiger partial charge in [-0.1, -0.05) is 22.4 Å². The fourth-order valence-electron chi connectivity index (χ4n) is 3.08. The molecular formula is C16H19BrN2O. The first-order valence-electron chi connectivity index (χ1n) is 7.12. The van der Waals surface area contributed by atoms with Gasteiger partial charge in [0.1, 0.15) is 11.3 Å². The minimum Gasteiger partial charge on any atom is -0.494 e. The van der Waals surface area contributed by atoms with Crippen LogP contribution in [0.1, 0.15) is 30.5 Å². The third-order valence-electron chi connectivity index (χ3n) is 4.05. The van der Waals surface area contributed by atoms with E-state index in [9.17, 15) is 0 Å². The normalized spacial score (nSPS) is 14.8. The highest BCUT2D eigenvalue weighted by atomic mass is 79.9. The smallest absolute Gasteiger partial charge is 0.145 e. The Bertz CT molecular complexity index is 655. The maximum atomic E-state index is 5.49. The molecule has 1 aromatic heterocycles. The van der Waals surface area contributed by atoms with Crippen molar-refractivity contribution in [2.24, 2.45) is 0 Å². The van der Waals surface area contributed by atoms with Gasteiger partial charge >= 0.3 is 0 Å². The summed E-state index contributed by atoms with van der Waals surface area (Å²) in [4.78, 5) is 4.92. The number of ether oxygens (including phenoxy) is 1. The number of pyridine rings is 1. The Morgan fingerprint density at radius 1 is 1.20 bits per heavy atom. The Morgan fingerprint density at radius 3 is 2.75 bits per heavy atom. The summed E-state index contributed by atoms with van der Waals surface area (Å²) in [5.74, 6) is 0.840. The van der Waals surface area contributed by atoms with Crippen molar-refractivity contribution < 1.29 is 4.74 Å². The largest absolute Gasteiger partial charge is 0.494 e. The van der Waals surface area contributed by atoms with E-state index in [0.717, 1.165) is 34.0 Å². The van der Waals surface area contributed by atoms with E-state index in [1.54, 1.807) is 7.11 Å². The van der Waals surface area contributed by atoms with Gasteiger partial charge in [0.25, 0.3) is 0 Å². The molecule has 20 heavy (non-hydrogen) atoms. The lowest BCUT2D eigenvalue weighted by atomic mass is 10.0. The third-order valence-corrected chi connectivity index (χ3v) is 4.71. The van der Waals surface area contributed by atoms with Gasteiger partial charge in [-0.15, -0.1) is 0 Å². The number of fused-ring (bicyclic) bond motifs is 2. The van der Waals surface area contributed by atoms with Crippen molar-refractivity contribution in [1.82, 2.24) is 4.98 Å². The highest BCUT2D eigenvalue weighted by Crippen LogP contribution is 2.39. The fraction of sp³-hybridized carbons (Fsp3) is 0.438. The molecule has 1 heterocycles. The SMILES string of the molecule is CNc1c2c(nc3c(OC)ccc(Br)c13)CCCCC2. The lowest BCUT2D eigenvalue weighted by molar-refractivity contribution is 0.418. The van der Waals surface area contributed by atoms with E-state index in [1.807, 2.05) is 19.2 Å². The van der Waals surface area contributed by atoms with Crippen LogP contribution in [0.15, 0.2) is 16.6 Å². The van der Waals surface area contributed by atoms with Crippen molar-refractivity contribution in [3.05, 3.63) is 27.9 Å². The highest BCUT2D eigenvalue weighted by Gasteiger charge is 2.19. The average molecular weight is 335 g/mol. The number of methoxy groups -OCH3 is 1.